The van der Waals surface area contributed by atoms with Crippen molar-refractivity contribution in [3.63, 3.8) is 0 Å². The number of carbonyl (C=O) groups excluding carboxylic acids is 1. The molecule has 0 aromatic heterocycles. The number of hydrogen-bond donors (Lipinski definition) is 1. The maximum atomic E-state index is 12.5. The fourth-order valence-electron chi connectivity index (χ4n) is 3.41. The van der Waals surface area contributed by atoms with E-state index in [0.717, 1.165) is 24.2 Å². The van der Waals surface area contributed by atoms with Gasteiger partial charge in [0.15, 0.2) is 0 Å². The molecule has 0 spiro atoms. The second kappa shape index (κ2) is 6.91. The van der Waals surface area contributed by atoms with Crippen LogP contribution in [0.3, 0.4) is 0 Å². The van der Waals surface area contributed by atoms with Gasteiger partial charge in [-0.25, -0.2) is 0 Å². The quantitative estimate of drug-likeness (QED) is 0.881. The van der Waals surface area contributed by atoms with Crippen LogP contribution < -0.4 is 10.1 Å². The molecule has 1 N–H and O–H groups in total. The van der Waals surface area contributed by atoms with E-state index in [0.29, 0.717) is 6.42 Å². The summed E-state index contributed by atoms with van der Waals surface area (Å²) in [5.41, 5.74) is 4.57. The van der Waals surface area contributed by atoms with Gasteiger partial charge >= 0.3 is 0 Å². The Labute approximate surface area is 150 Å². The lowest BCUT2D eigenvalue weighted by molar-refractivity contribution is -0.122. The minimum Gasteiger partial charge on any atom is -0.487 e. The molecule has 0 unspecified atom stereocenters. The van der Waals surface area contributed by atoms with E-state index in [1.54, 1.807) is 0 Å². The van der Waals surface area contributed by atoms with Crippen LogP contribution in [0.25, 0.3) is 0 Å². The lowest BCUT2D eigenvalue weighted by Crippen LogP contribution is -2.41. The summed E-state index contributed by atoms with van der Waals surface area (Å²) in [5, 5.41) is 3.21. The smallest absolute Gasteiger partial charge is 0.220 e. The van der Waals surface area contributed by atoms with Gasteiger partial charge in [0.05, 0.1) is 6.04 Å². The first-order valence-corrected chi connectivity index (χ1v) is 8.97. The first-order chi connectivity index (χ1) is 11.8. The predicted molar refractivity (Wildman–Crippen MR) is 101 cm³/mol. The van der Waals surface area contributed by atoms with Crippen LogP contribution in [0.15, 0.2) is 42.5 Å². The average molecular weight is 337 g/mol. The van der Waals surface area contributed by atoms with Gasteiger partial charge in [0.2, 0.25) is 5.91 Å². The van der Waals surface area contributed by atoms with Crippen LogP contribution in [0, 0.1) is 13.8 Å². The molecule has 3 rings (SSSR count). The number of nitrogens with one attached hydrogen (secondary N) is 1. The van der Waals surface area contributed by atoms with Gasteiger partial charge in [-0.05, 0) is 56.9 Å². The SMILES string of the molecule is Cc1ccc(CCC(=O)N[C@@H]2CC(C)(C)Oc3ccccc32)cc1C. The number of hydrogen-bond acceptors (Lipinski definition) is 2. The minimum absolute atomic E-state index is 0.00667. The molecule has 2 aromatic rings. The van der Waals surface area contributed by atoms with Crippen molar-refractivity contribution in [2.45, 2.75) is 58.6 Å². The van der Waals surface area contributed by atoms with E-state index < -0.39 is 0 Å². The molecule has 0 saturated carbocycles. The van der Waals surface area contributed by atoms with Crippen molar-refractivity contribution in [3.8, 4) is 5.75 Å². The molecule has 0 bridgehead atoms. The number of aryl methyl sites for hydroxylation is 3. The highest BCUT2D eigenvalue weighted by Gasteiger charge is 2.34. The topological polar surface area (TPSA) is 38.3 Å². The second-order valence-corrected chi connectivity index (χ2v) is 7.64. The third-order valence-electron chi connectivity index (χ3n) is 4.92. The molecule has 1 aliphatic rings. The van der Waals surface area contributed by atoms with E-state index in [1.165, 1.54) is 16.7 Å². The van der Waals surface area contributed by atoms with Crippen LogP contribution in [0.2, 0.25) is 0 Å². The Hall–Kier alpha value is -2.29. The van der Waals surface area contributed by atoms with Crippen LogP contribution in [0.1, 0.15) is 55.0 Å². The van der Waals surface area contributed by atoms with Gasteiger partial charge in [-0.2, -0.15) is 0 Å². The third kappa shape index (κ3) is 4.22. The molecule has 0 radical (unpaired) electrons. The fraction of sp³-hybridized carbons (Fsp3) is 0.409. The van der Waals surface area contributed by atoms with Crippen molar-refractivity contribution in [2.24, 2.45) is 0 Å². The maximum Gasteiger partial charge on any atom is 0.220 e. The van der Waals surface area contributed by atoms with E-state index in [-0.39, 0.29) is 17.6 Å². The van der Waals surface area contributed by atoms with Gasteiger partial charge in [-0.15, -0.1) is 0 Å². The highest BCUT2D eigenvalue weighted by molar-refractivity contribution is 5.77. The fourth-order valence-corrected chi connectivity index (χ4v) is 3.41. The van der Waals surface area contributed by atoms with Gasteiger partial charge in [-0.1, -0.05) is 36.4 Å². The number of amides is 1. The van der Waals surface area contributed by atoms with E-state index in [4.69, 9.17) is 4.74 Å². The maximum absolute atomic E-state index is 12.5. The summed E-state index contributed by atoms with van der Waals surface area (Å²) in [7, 11) is 0. The van der Waals surface area contributed by atoms with E-state index in [2.05, 4.69) is 51.2 Å². The largest absolute Gasteiger partial charge is 0.487 e. The third-order valence-corrected chi connectivity index (χ3v) is 4.92. The number of carbonyl (C=O) groups is 1. The standard InChI is InChI=1S/C22H27NO2/c1-15-9-10-17(13-16(15)2)11-12-21(24)23-19-14-22(3,4)25-20-8-6-5-7-18(19)20/h5-10,13,19H,11-12,14H2,1-4H3,(H,23,24)/t19-/m1/s1. The van der Waals surface area contributed by atoms with Crippen molar-refractivity contribution < 1.29 is 9.53 Å². The molecule has 2 aromatic carbocycles. The lowest BCUT2D eigenvalue weighted by Gasteiger charge is -2.37. The highest BCUT2D eigenvalue weighted by atomic mass is 16.5. The summed E-state index contributed by atoms with van der Waals surface area (Å²) in [6, 6.07) is 14.4. The lowest BCUT2D eigenvalue weighted by atomic mass is 9.89. The molecule has 3 nitrogen and oxygen atoms in total. The first-order valence-electron chi connectivity index (χ1n) is 8.97. The van der Waals surface area contributed by atoms with E-state index >= 15 is 0 Å². The zero-order valence-corrected chi connectivity index (χ0v) is 15.6. The molecular formula is C22H27NO2. The Kier molecular flexibility index (Phi) is 4.85. The molecular weight excluding hydrogens is 310 g/mol. The Morgan fingerprint density at radius 1 is 1.16 bits per heavy atom. The Morgan fingerprint density at radius 2 is 1.92 bits per heavy atom. The van der Waals surface area contributed by atoms with Crippen LogP contribution >= 0.6 is 0 Å². The van der Waals surface area contributed by atoms with Crippen LogP contribution in [-0.2, 0) is 11.2 Å². The molecule has 1 atom stereocenters. The predicted octanol–water partition coefficient (Wildman–Crippen LogP) is 4.65. The van der Waals surface area contributed by atoms with Crippen LogP contribution in [-0.4, -0.2) is 11.5 Å². The first kappa shape index (κ1) is 17.5. The molecule has 3 heteroatoms. The summed E-state index contributed by atoms with van der Waals surface area (Å²) in [5.74, 6) is 0.967. The Balaban J connectivity index is 1.65. The number of fused-ring (bicyclic) bond motifs is 1. The van der Waals surface area contributed by atoms with Crippen molar-refractivity contribution in [1.29, 1.82) is 0 Å². The van der Waals surface area contributed by atoms with Gasteiger partial charge in [0, 0.05) is 18.4 Å². The molecule has 0 saturated heterocycles. The van der Waals surface area contributed by atoms with Gasteiger partial charge < -0.3 is 10.1 Å². The average Bonchev–Trinajstić information content (AvgIpc) is 2.55. The molecule has 0 fully saturated rings. The number of ether oxygens (including phenoxy) is 1. The number of para-hydroxylation sites is 1. The Morgan fingerprint density at radius 3 is 2.68 bits per heavy atom. The molecule has 1 amide bonds. The Bertz CT molecular complexity index is 779. The van der Waals surface area contributed by atoms with Crippen molar-refractivity contribution in [3.05, 3.63) is 64.7 Å². The number of rotatable bonds is 4. The highest BCUT2D eigenvalue weighted by Crippen LogP contribution is 2.39. The van der Waals surface area contributed by atoms with Crippen molar-refractivity contribution in [1.82, 2.24) is 5.32 Å². The molecule has 25 heavy (non-hydrogen) atoms. The second-order valence-electron chi connectivity index (χ2n) is 7.64. The van der Waals surface area contributed by atoms with Crippen LogP contribution in [0.5, 0.6) is 5.75 Å². The van der Waals surface area contributed by atoms with Gasteiger partial charge in [0.1, 0.15) is 11.4 Å². The number of benzene rings is 2. The summed E-state index contributed by atoms with van der Waals surface area (Å²) in [6.07, 6.45) is 2.04. The van der Waals surface area contributed by atoms with Gasteiger partial charge in [-0.3, -0.25) is 4.79 Å². The van der Waals surface area contributed by atoms with Crippen molar-refractivity contribution in [2.75, 3.05) is 0 Å². The summed E-state index contributed by atoms with van der Waals surface area (Å²) < 4.78 is 6.03. The molecule has 132 valence electrons. The summed E-state index contributed by atoms with van der Waals surface area (Å²) in [4.78, 5) is 12.5. The zero-order chi connectivity index (χ0) is 18.0. The normalized spacial score (nSPS) is 18.2. The van der Waals surface area contributed by atoms with E-state index in [9.17, 15) is 4.79 Å². The van der Waals surface area contributed by atoms with E-state index in [1.807, 2.05) is 24.3 Å². The zero-order valence-electron chi connectivity index (χ0n) is 15.6. The van der Waals surface area contributed by atoms with Crippen molar-refractivity contribution >= 4 is 5.91 Å². The van der Waals surface area contributed by atoms with Gasteiger partial charge in [0.25, 0.3) is 0 Å². The minimum atomic E-state index is -0.277. The van der Waals surface area contributed by atoms with Crippen LogP contribution in [0.4, 0.5) is 0 Å². The molecule has 1 heterocycles. The molecule has 0 aliphatic carbocycles. The monoisotopic (exact) mass is 337 g/mol. The summed E-state index contributed by atoms with van der Waals surface area (Å²) >= 11 is 0. The summed E-state index contributed by atoms with van der Waals surface area (Å²) in [6.45, 7) is 8.35. The molecule has 1 aliphatic heterocycles.